The standard InChI is InChI=1S/C23H39N5OS.HI/c1-4-27(5-2)21(20-9-7-6-8-10-20)17-25-22(24-3)26-18-23(11-16-30-19-23)28-12-14-29-15-13-28;/h6-10,21H,4-5,11-19H2,1-3H3,(H2,24,25,26);1H. The fourth-order valence-corrected chi connectivity index (χ4v) is 6.07. The lowest BCUT2D eigenvalue weighted by Gasteiger charge is -2.43. The van der Waals surface area contributed by atoms with Crippen LogP contribution in [0.1, 0.15) is 31.9 Å². The maximum Gasteiger partial charge on any atom is 0.191 e. The monoisotopic (exact) mass is 561 g/mol. The summed E-state index contributed by atoms with van der Waals surface area (Å²) in [6.45, 7) is 12.1. The molecule has 176 valence electrons. The van der Waals surface area contributed by atoms with E-state index in [1.54, 1.807) is 0 Å². The molecule has 0 spiro atoms. The number of guanidine groups is 1. The molecule has 1 aromatic carbocycles. The number of hydrogen-bond donors (Lipinski definition) is 2. The van der Waals surface area contributed by atoms with E-state index in [2.05, 4.69) is 81.4 Å². The molecule has 1 aromatic rings. The Morgan fingerprint density at radius 1 is 1.19 bits per heavy atom. The third kappa shape index (κ3) is 7.22. The number of thioether (sulfide) groups is 1. The zero-order valence-electron chi connectivity index (χ0n) is 19.3. The molecule has 0 bridgehead atoms. The van der Waals surface area contributed by atoms with Crippen molar-refractivity contribution in [3.05, 3.63) is 35.9 Å². The molecule has 2 unspecified atom stereocenters. The van der Waals surface area contributed by atoms with Gasteiger partial charge in [0.05, 0.1) is 19.3 Å². The number of hydrogen-bond acceptors (Lipinski definition) is 5. The minimum atomic E-state index is 0. The number of halogens is 1. The normalized spacial score (nSPS) is 23.4. The zero-order chi connectivity index (χ0) is 21.2. The fourth-order valence-electron chi connectivity index (χ4n) is 4.59. The molecular weight excluding hydrogens is 521 g/mol. The largest absolute Gasteiger partial charge is 0.379 e. The van der Waals surface area contributed by atoms with Crippen LogP contribution in [0.25, 0.3) is 0 Å². The molecule has 3 rings (SSSR count). The summed E-state index contributed by atoms with van der Waals surface area (Å²) >= 11 is 2.07. The molecule has 6 nitrogen and oxygen atoms in total. The maximum atomic E-state index is 5.59. The Labute approximate surface area is 210 Å². The number of ether oxygens (including phenoxy) is 1. The van der Waals surface area contributed by atoms with Crippen LogP contribution in [0.4, 0.5) is 0 Å². The predicted molar refractivity (Wildman–Crippen MR) is 144 cm³/mol. The lowest BCUT2D eigenvalue weighted by molar-refractivity contribution is -0.0120. The van der Waals surface area contributed by atoms with Crippen molar-refractivity contribution in [2.24, 2.45) is 4.99 Å². The van der Waals surface area contributed by atoms with Crippen LogP contribution in [0.3, 0.4) is 0 Å². The summed E-state index contributed by atoms with van der Waals surface area (Å²) < 4.78 is 5.59. The van der Waals surface area contributed by atoms with Crippen LogP contribution in [0.2, 0.25) is 0 Å². The molecule has 8 heteroatoms. The van der Waals surface area contributed by atoms with Gasteiger partial charge in [-0.1, -0.05) is 44.2 Å². The molecule has 2 saturated heterocycles. The van der Waals surface area contributed by atoms with Gasteiger partial charge in [0.1, 0.15) is 0 Å². The smallest absolute Gasteiger partial charge is 0.191 e. The molecule has 0 aromatic heterocycles. The van der Waals surface area contributed by atoms with Gasteiger partial charge in [-0.3, -0.25) is 14.8 Å². The van der Waals surface area contributed by atoms with Crippen LogP contribution in [-0.2, 0) is 4.74 Å². The summed E-state index contributed by atoms with van der Waals surface area (Å²) in [5, 5.41) is 7.26. The molecule has 2 aliphatic heterocycles. The molecule has 2 atom stereocenters. The average molecular weight is 562 g/mol. The lowest BCUT2D eigenvalue weighted by Crippen LogP contribution is -2.60. The van der Waals surface area contributed by atoms with E-state index < -0.39 is 0 Å². The average Bonchev–Trinajstić information content (AvgIpc) is 3.30. The Balaban J connectivity index is 0.00000341. The minimum absolute atomic E-state index is 0. The first-order valence-electron chi connectivity index (χ1n) is 11.4. The van der Waals surface area contributed by atoms with Crippen molar-refractivity contribution < 1.29 is 4.74 Å². The van der Waals surface area contributed by atoms with E-state index in [1.165, 1.54) is 23.5 Å². The van der Waals surface area contributed by atoms with Gasteiger partial charge in [-0.25, -0.2) is 0 Å². The second-order valence-corrected chi connectivity index (χ2v) is 9.19. The second-order valence-electron chi connectivity index (χ2n) is 8.08. The van der Waals surface area contributed by atoms with Gasteiger partial charge in [-0.15, -0.1) is 24.0 Å². The molecule has 0 radical (unpaired) electrons. The van der Waals surface area contributed by atoms with Gasteiger partial charge in [0.2, 0.25) is 0 Å². The topological polar surface area (TPSA) is 52.1 Å². The highest BCUT2D eigenvalue weighted by atomic mass is 127. The van der Waals surface area contributed by atoms with Crippen LogP contribution in [0.15, 0.2) is 35.3 Å². The van der Waals surface area contributed by atoms with Crippen molar-refractivity contribution in [3.8, 4) is 0 Å². The number of rotatable bonds is 9. The quantitative estimate of drug-likeness (QED) is 0.275. The third-order valence-electron chi connectivity index (χ3n) is 6.47. The summed E-state index contributed by atoms with van der Waals surface area (Å²) in [5.41, 5.74) is 1.56. The van der Waals surface area contributed by atoms with E-state index in [0.717, 1.165) is 58.4 Å². The summed E-state index contributed by atoms with van der Waals surface area (Å²) in [5.74, 6) is 3.32. The summed E-state index contributed by atoms with van der Waals surface area (Å²) in [6, 6.07) is 11.1. The second kappa shape index (κ2) is 13.9. The third-order valence-corrected chi connectivity index (χ3v) is 7.71. The van der Waals surface area contributed by atoms with Crippen molar-refractivity contribution >= 4 is 41.7 Å². The van der Waals surface area contributed by atoms with Crippen molar-refractivity contribution in [1.29, 1.82) is 0 Å². The Hall–Kier alpha value is -0.550. The Morgan fingerprint density at radius 3 is 2.48 bits per heavy atom. The number of benzene rings is 1. The molecule has 2 N–H and O–H groups in total. The van der Waals surface area contributed by atoms with E-state index in [-0.39, 0.29) is 29.5 Å². The van der Waals surface area contributed by atoms with Crippen molar-refractivity contribution in [2.45, 2.75) is 31.8 Å². The van der Waals surface area contributed by atoms with Crippen molar-refractivity contribution in [2.75, 3.05) is 71.0 Å². The van der Waals surface area contributed by atoms with Gasteiger partial charge in [-0.05, 0) is 30.8 Å². The molecule has 2 fully saturated rings. The molecule has 0 saturated carbocycles. The Bertz CT molecular complexity index is 647. The SMILES string of the molecule is CCN(CC)C(CNC(=NC)NCC1(N2CCOCC2)CCSC1)c1ccccc1.I. The number of morpholine rings is 1. The maximum absolute atomic E-state index is 5.59. The van der Waals surface area contributed by atoms with Gasteiger partial charge >= 0.3 is 0 Å². The van der Waals surface area contributed by atoms with Crippen LogP contribution < -0.4 is 10.6 Å². The molecule has 0 amide bonds. The molecule has 2 heterocycles. The van der Waals surface area contributed by atoms with Crippen LogP contribution in [-0.4, -0.2) is 92.3 Å². The van der Waals surface area contributed by atoms with E-state index in [9.17, 15) is 0 Å². The van der Waals surface area contributed by atoms with Gasteiger partial charge in [0.15, 0.2) is 5.96 Å². The van der Waals surface area contributed by atoms with Crippen molar-refractivity contribution in [3.63, 3.8) is 0 Å². The highest BCUT2D eigenvalue weighted by Gasteiger charge is 2.40. The van der Waals surface area contributed by atoms with Crippen LogP contribution >= 0.6 is 35.7 Å². The van der Waals surface area contributed by atoms with E-state index >= 15 is 0 Å². The first kappa shape index (κ1) is 26.7. The Kier molecular flexibility index (Phi) is 11.9. The zero-order valence-corrected chi connectivity index (χ0v) is 22.5. The number of nitrogens with one attached hydrogen (secondary N) is 2. The lowest BCUT2D eigenvalue weighted by atomic mass is 9.95. The molecule has 0 aliphatic carbocycles. The minimum Gasteiger partial charge on any atom is -0.379 e. The first-order valence-corrected chi connectivity index (χ1v) is 12.5. The summed E-state index contributed by atoms with van der Waals surface area (Å²) in [4.78, 5) is 9.66. The van der Waals surface area contributed by atoms with E-state index in [4.69, 9.17) is 4.74 Å². The van der Waals surface area contributed by atoms with Crippen LogP contribution in [0, 0.1) is 0 Å². The number of nitrogens with zero attached hydrogens (tertiary/aromatic N) is 3. The molecular formula is C23H40IN5OS. The van der Waals surface area contributed by atoms with Gasteiger partial charge in [0.25, 0.3) is 0 Å². The van der Waals surface area contributed by atoms with Crippen molar-refractivity contribution in [1.82, 2.24) is 20.4 Å². The first-order chi connectivity index (χ1) is 14.7. The number of likely N-dealkylation sites (N-methyl/N-ethyl adjacent to an activating group) is 1. The fraction of sp³-hybridized carbons (Fsp3) is 0.696. The number of aliphatic imine (C=N–C) groups is 1. The van der Waals surface area contributed by atoms with Gasteiger partial charge in [0, 0.05) is 44.5 Å². The molecule has 31 heavy (non-hydrogen) atoms. The van der Waals surface area contributed by atoms with Gasteiger partial charge in [-0.2, -0.15) is 11.8 Å². The van der Waals surface area contributed by atoms with E-state index in [1.807, 2.05) is 7.05 Å². The molecule has 2 aliphatic rings. The predicted octanol–water partition coefficient (Wildman–Crippen LogP) is 3.06. The highest BCUT2D eigenvalue weighted by molar-refractivity contribution is 14.0. The Morgan fingerprint density at radius 2 is 1.90 bits per heavy atom. The van der Waals surface area contributed by atoms with Crippen LogP contribution in [0.5, 0.6) is 0 Å². The van der Waals surface area contributed by atoms with Gasteiger partial charge < -0.3 is 15.4 Å². The highest BCUT2D eigenvalue weighted by Crippen LogP contribution is 2.33. The summed E-state index contributed by atoms with van der Waals surface area (Å²) in [7, 11) is 1.87. The summed E-state index contributed by atoms with van der Waals surface area (Å²) in [6.07, 6.45) is 1.23. The van der Waals surface area contributed by atoms with E-state index in [0.29, 0.717) is 6.04 Å².